The Hall–Kier alpha value is -2.73. The molecular formula is C22H26N2O4. The van der Waals surface area contributed by atoms with Gasteiger partial charge in [0.05, 0.1) is 5.92 Å². The Morgan fingerprint density at radius 1 is 1.07 bits per heavy atom. The molecule has 4 atom stereocenters. The monoisotopic (exact) mass is 382 g/mol. The molecular weight excluding hydrogens is 356 g/mol. The molecule has 0 aromatic heterocycles. The molecule has 0 saturated carbocycles. The van der Waals surface area contributed by atoms with Crippen molar-refractivity contribution in [1.29, 1.82) is 0 Å². The Morgan fingerprint density at radius 3 is 2.29 bits per heavy atom. The third-order valence-corrected chi connectivity index (χ3v) is 4.92. The van der Waals surface area contributed by atoms with Crippen LogP contribution in [0.25, 0.3) is 0 Å². The molecule has 2 aromatic rings. The first-order valence-electron chi connectivity index (χ1n) is 9.41. The minimum absolute atomic E-state index is 0.276. The van der Waals surface area contributed by atoms with Gasteiger partial charge < -0.3 is 4.74 Å². The van der Waals surface area contributed by atoms with Crippen molar-refractivity contribution in [1.82, 2.24) is 5.32 Å². The quantitative estimate of drug-likeness (QED) is 0.494. The fourth-order valence-corrected chi connectivity index (χ4v) is 3.85. The van der Waals surface area contributed by atoms with Gasteiger partial charge in [-0.05, 0) is 38.8 Å². The molecule has 1 fully saturated rings. The Kier molecular flexibility index (Phi) is 5.52. The number of aryl methyl sites for hydroxylation is 1. The SMILES string of the molecule is Cc1cccc([C@H]2[C@H]([N+](=O)[O-])[C@H](c3ccccc3)N[C@@H]2C(=O)OC(C)(C)C)c1. The number of rotatable bonds is 4. The predicted molar refractivity (Wildman–Crippen MR) is 107 cm³/mol. The van der Waals surface area contributed by atoms with E-state index in [0.717, 1.165) is 16.7 Å². The van der Waals surface area contributed by atoms with Crippen molar-refractivity contribution in [2.45, 2.75) is 57.3 Å². The lowest BCUT2D eigenvalue weighted by Gasteiger charge is -2.25. The number of nitrogens with zero attached hydrogens (tertiary/aromatic N) is 1. The molecule has 148 valence electrons. The molecule has 0 unspecified atom stereocenters. The first-order valence-corrected chi connectivity index (χ1v) is 9.41. The molecule has 1 N–H and O–H groups in total. The number of nitro groups is 1. The van der Waals surface area contributed by atoms with Gasteiger partial charge in [0.25, 0.3) is 0 Å². The van der Waals surface area contributed by atoms with Crippen LogP contribution in [0.3, 0.4) is 0 Å². The average Bonchev–Trinajstić information content (AvgIpc) is 3.02. The molecule has 0 amide bonds. The molecule has 2 aromatic carbocycles. The number of ether oxygens (including phenoxy) is 1. The van der Waals surface area contributed by atoms with Gasteiger partial charge in [-0.15, -0.1) is 0 Å². The van der Waals surface area contributed by atoms with E-state index in [1.807, 2.05) is 61.5 Å². The van der Waals surface area contributed by atoms with E-state index >= 15 is 0 Å². The van der Waals surface area contributed by atoms with E-state index in [4.69, 9.17) is 4.74 Å². The standard InChI is InChI=1S/C22H26N2O4/c1-14-9-8-12-16(13-14)17-19(21(25)28-22(2,3)4)23-18(20(17)24(26)27)15-10-6-5-7-11-15/h5-13,17-20,23H,1-4H3/t17-,18+,19+,20+/m1/s1. The van der Waals surface area contributed by atoms with Crippen LogP contribution < -0.4 is 5.32 Å². The molecule has 3 rings (SSSR count). The lowest BCUT2D eigenvalue weighted by Crippen LogP contribution is -2.41. The van der Waals surface area contributed by atoms with E-state index in [-0.39, 0.29) is 4.92 Å². The Morgan fingerprint density at radius 2 is 1.71 bits per heavy atom. The summed E-state index contributed by atoms with van der Waals surface area (Å²) in [6, 6.07) is 14.4. The summed E-state index contributed by atoms with van der Waals surface area (Å²) < 4.78 is 5.59. The number of nitrogens with one attached hydrogen (secondary N) is 1. The molecule has 0 radical (unpaired) electrons. The first-order chi connectivity index (χ1) is 13.2. The lowest BCUT2D eigenvalue weighted by atomic mass is 9.85. The molecule has 1 saturated heterocycles. The van der Waals surface area contributed by atoms with E-state index in [9.17, 15) is 14.9 Å². The maximum absolute atomic E-state index is 13.0. The van der Waals surface area contributed by atoms with Gasteiger partial charge in [-0.2, -0.15) is 0 Å². The van der Waals surface area contributed by atoms with Crippen molar-refractivity contribution in [3.8, 4) is 0 Å². The van der Waals surface area contributed by atoms with E-state index in [1.54, 1.807) is 20.8 Å². The van der Waals surface area contributed by atoms with Crippen LogP contribution in [0.4, 0.5) is 0 Å². The zero-order chi connectivity index (χ0) is 20.5. The number of hydrogen-bond acceptors (Lipinski definition) is 5. The maximum Gasteiger partial charge on any atom is 0.324 e. The molecule has 28 heavy (non-hydrogen) atoms. The van der Waals surface area contributed by atoms with Crippen LogP contribution in [0.15, 0.2) is 54.6 Å². The van der Waals surface area contributed by atoms with Gasteiger partial charge in [-0.25, -0.2) is 0 Å². The van der Waals surface area contributed by atoms with Gasteiger partial charge >= 0.3 is 5.97 Å². The van der Waals surface area contributed by atoms with Crippen molar-refractivity contribution < 1.29 is 14.5 Å². The largest absolute Gasteiger partial charge is 0.459 e. The number of benzene rings is 2. The van der Waals surface area contributed by atoms with Gasteiger partial charge in [0, 0.05) is 4.92 Å². The molecule has 0 aliphatic carbocycles. The van der Waals surface area contributed by atoms with Crippen molar-refractivity contribution in [2.75, 3.05) is 0 Å². The van der Waals surface area contributed by atoms with E-state index in [1.165, 1.54) is 0 Å². The second-order valence-electron chi connectivity index (χ2n) is 8.28. The predicted octanol–water partition coefficient (Wildman–Crippen LogP) is 3.78. The Bertz CT molecular complexity index is 860. The van der Waals surface area contributed by atoms with Crippen molar-refractivity contribution in [3.05, 3.63) is 81.4 Å². The topological polar surface area (TPSA) is 81.5 Å². The number of carbonyl (C=O) groups is 1. The van der Waals surface area contributed by atoms with Crippen LogP contribution in [0.1, 0.15) is 49.4 Å². The summed E-state index contributed by atoms with van der Waals surface area (Å²) in [5.41, 5.74) is 1.87. The molecule has 1 aliphatic heterocycles. The van der Waals surface area contributed by atoms with Crippen LogP contribution >= 0.6 is 0 Å². The Labute approximate surface area is 165 Å². The smallest absolute Gasteiger partial charge is 0.324 e. The van der Waals surface area contributed by atoms with Gasteiger partial charge in [-0.1, -0.05) is 60.2 Å². The Balaban J connectivity index is 2.08. The van der Waals surface area contributed by atoms with Gasteiger partial charge in [-0.3, -0.25) is 20.2 Å². The van der Waals surface area contributed by atoms with Gasteiger partial charge in [0.15, 0.2) is 0 Å². The molecule has 6 nitrogen and oxygen atoms in total. The third-order valence-electron chi connectivity index (χ3n) is 4.92. The summed E-state index contributed by atoms with van der Waals surface area (Å²) in [5, 5.41) is 15.3. The summed E-state index contributed by atoms with van der Waals surface area (Å²) >= 11 is 0. The minimum atomic E-state index is -0.985. The zero-order valence-electron chi connectivity index (χ0n) is 16.6. The summed E-state index contributed by atoms with van der Waals surface area (Å²) in [6.07, 6.45) is 0. The van der Waals surface area contributed by atoms with Crippen LogP contribution in [0.2, 0.25) is 0 Å². The normalized spacial score (nSPS) is 24.7. The van der Waals surface area contributed by atoms with Crippen molar-refractivity contribution in [2.24, 2.45) is 0 Å². The molecule has 0 bridgehead atoms. The van der Waals surface area contributed by atoms with Crippen molar-refractivity contribution in [3.63, 3.8) is 0 Å². The first kappa shape index (κ1) is 20.0. The summed E-state index contributed by atoms with van der Waals surface area (Å²) in [7, 11) is 0. The van der Waals surface area contributed by atoms with E-state index in [2.05, 4.69) is 5.32 Å². The highest BCUT2D eigenvalue weighted by Crippen LogP contribution is 2.41. The second-order valence-corrected chi connectivity index (χ2v) is 8.28. The summed E-state index contributed by atoms with van der Waals surface area (Å²) in [5.74, 6) is -1.10. The summed E-state index contributed by atoms with van der Waals surface area (Å²) in [4.78, 5) is 24.8. The molecule has 0 spiro atoms. The highest BCUT2D eigenvalue weighted by atomic mass is 16.6. The highest BCUT2D eigenvalue weighted by molar-refractivity contribution is 5.78. The summed E-state index contributed by atoms with van der Waals surface area (Å²) in [6.45, 7) is 7.31. The van der Waals surface area contributed by atoms with Crippen LogP contribution in [-0.2, 0) is 9.53 Å². The van der Waals surface area contributed by atoms with Crippen LogP contribution in [-0.4, -0.2) is 28.6 Å². The number of hydrogen-bond donors (Lipinski definition) is 1. The molecule has 1 aliphatic rings. The van der Waals surface area contributed by atoms with Crippen LogP contribution in [0, 0.1) is 17.0 Å². The number of esters is 1. The zero-order valence-corrected chi connectivity index (χ0v) is 16.6. The van der Waals surface area contributed by atoms with Gasteiger partial charge in [0.2, 0.25) is 6.04 Å². The third kappa shape index (κ3) is 4.22. The average molecular weight is 382 g/mol. The number of carbonyl (C=O) groups excluding carboxylic acids is 1. The highest BCUT2D eigenvalue weighted by Gasteiger charge is 2.55. The second kappa shape index (κ2) is 7.72. The fourth-order valence-electron chi connectivity index (χ4n) is 3.85. The van der Waals surface area contributed by atoms with Crippen LogP contribution in [0.5, 0.6) is 0 Å². The molecule has 6 heteroatoms. The lowest BCUT2D eigenvalue weighted by molar-refractivity contribution is -0.527. The fraction of sp³-hybridized carbons (Fsp3) is 0.409. The molecule has 1 heterocycles. The van der Waals surface area contributed by atoms with Crippen molar-refractivity contribution >= 4 is 5.97 Å². The van der Waals surface area contributed by atoms with E-state index in [0.29, 0.717) is 0 Å². The maximum atomic E-state index is 13.0. The van der Waals surface area contributed by atoms with E-state index < -0.39 is 35.6 Å². The van der Waals surface area contributed by atoms with Gasteiger partial charge in [0.1, 0.15) is 17.7 Å². The minimum Gasteiger partial charge on any atom is -0.459 e.